The first-order chi connectivity index (χ1) is 10.9. The maximum absolute atomic E-state index is 12.2. The summed E-state index contributed by atoms with van der Waals surface area (Å²) in [6, 6.07) is 1.96. The number of rotatable bonds is 9. The molecular formula is C16H24N2O5. The van der Waals surface area contributed by atoms with Crippen LogP contribution in [0.4, 0.5) is 0 Å². The average molecular weight is 324 g/mol. The van der Waals surface area contributed by atoms with E-state index in [4.69, 9.17) is 9.84 Å². The maximum atomic E-state index is 12.2. The second kappa shape index (κ2) is 8.97. The lowest BCUT2D eigenvalue weighted by Gasteiger charge is -2.21. The van der Waals surface area contributed by atoms with Crippen LogP contribution in [0, 0.1) is 0 Å². The Bertz CT molecular complexity index is 590. The van der Waals surface area contributed by atoms with Crippen LogP contribution in [0.25, 0.3) is 0 Å². The molecular weight excluding hydrogens is 300 g/mol. The Morgan fingerprint density at radius 1 is 1.30 bits per heavy atom. The van der Waals surface area contributed by atoms with Crippen LogP contribution >= 0.6 is 0 Å². The Morgan fingerprint density at radius 2 is 1.91 bits per heavy atom. The van der Waals surface area contributed by atoms with Gasteiger partial charge >= 0.3 is 5.97 Å². The molecule has 0 bridgehead atoms. The van der Waals surface area contributed by atoms with Crippen LogP contribution in [0.2, 0.25) is 0 Å². The molecule has 0 spiro atoms. The molecule has 1 N–H and O–H groups in total. The Kier molecular flexibility index (Phi) is 7.31. The fourth-order valence-electron chi connectivity index (χ4n) is 2.16. The fraction of sp³-hybridized carbons (Fsp3) is 0.562. The van der Waals surface area contributed by atoms with Crippen molar-refractivity contribution in [3.05, 3.63) is 28.7 Å². The lowest BCUT2D eigenvalue weighted by molar-refractivity contribution is -0.140. The van der Waals surface area contributed by atoms with E-state index >= 15 is 0 Å². The van der Waals surface area contributed by atoms with E-state index in [1.54, 1.807) is 4.90 Å². The Hall–Kier alpha value is -2.31. The van der Waals surface area contributed by atoms with Crippen LogP contribution in [0.5, 0.6) is 5.75 Å². The van der Waals surface area contributed by atoms with Gasteiger partial charge < -0.3 is 14.7 Å². The summed E-state index contributed by atoms with van der Waals surface area (Å²) in [7, 11) is 0. The highest BCUT2D eigenvalue weighted by molar-refractivity contribution is 5.77. The normalized spacial score (nSPS) is 11.8. The summed E-state index contributed by atoms with van der Waals surface area (Å²) < 4.78 is 6.39. The van der Waals surface area contributed by atoms with E-state index in [9.17, 15) is 14.4 Å². The average Bonchev–Trinajstić information content (AvgIpc) is 2.52. The minimum atomic E-state index is -1.11. The molecule has 1 aromatic rings. The van der Waals surface area contributed by atoms with E-state index < -0.39 is 17.6 Å². The number of aliphatic carboxylic acids is 1. The number of pyridine rings is 1. The first-order valence-electron chi connectivity index (χ1n) is 7.76. The van der Waals surface area contributed by atoms with Crippen molar-refractivity contribution in [2.45, 2.75) is 39.7 Å². The third-order valence-electron chi connectivity index (χ3n) is 3.41. The van der Waals surface area contributed by atoms with Crippen LogP contribution in [-0.2, 0) is 9.59 Å². The summed E-state index contributed by atoms with van der Waals surface area (Å²) >= 11 is 0. The van der Waals surface area contributed by atoms with Crippen molar-refractivity contribution in [2.75, 3.05) is 19.7 Å². The third-order valence-corrected chi connectivity index (χ3v) is 3.41. The number of carbonyl (C=O) groups is 2. The molecule has 7 nitrogen and oxygen atoms in total. The van der Waals surface area contributed by atoms with Gasteiger partial charge in [0.05, 0.1) is 0 Å². The van der Waals surface area contributed by atoms with Crippen molar-refractivity contribution >= 4 is 11.9 Å². The van der Waals surface area contributed by atoms with Gasteiger partial charge in [-0.15, -0.1) is 0 Å². The van der Waals surface area contributed by atoms with Gasteiger partial charge in [-0.05, 0) is 31.9 Å². The topological polar surface area (TPSA) is 88.8 Å². The second-order valence-corrected chi connectivity index (χ2v) is 5.27. The molecule has 1 rings (SSSR count). The third kappa shape index (κ3) is 5.12. The van der Waals surface area contributed by atoms with Crippen LogP contribution in [0.1, 0.15) is 39.7 Å². The summed E-state index contributed by atoms with van der Waals surface area (Å²) in [4.78, 5) is 37.0. The SMILES string of the molecule is CCCN(CCC)C(=O)COc1cccn(C(C)C(=O)O)c1=O. The Morgan fingerprint density at radius 3 is 2.43 bits per heavy atom. The molecule has 1 aromatic heterocycles. The molecule has 23 heavy (non-hydrogen) atoms. The van der Waals surface area contributed by atoms with Crippen molar-refractivity contribution in [3.63, 3.8) is 0 Å². The summed E-state index contributed by atoms with van der Waals surface area (Å²) in [5.74, 6) is -1.32. The Labute approximate surface area is 135 Å². The number of carboxylic acid groups (broad SMARTS) is 1. The molecule has 1 heterocycles. The van der Waals surface area contributed by atoms with Crippen LogP contribution in [-0.4, -0.2) is 46.1 Å². The molecule has 0 aliphatic rings. The first kappa shape index (κ1) is 18.7. The smallest absolute Gasteiger partial charge is 0.326 e. The first-order valence-corrected chi connectivity index (χ1v) is 7.76. The van der Waals surface area contributed by atoms with Crippen LogP contribution in [0.15, 0.2) is 23.1 Å². The van der Waals surface area contributed by atoms with Crippen LogP contribution < -0.4 is 10.3 Å². The molecule has 128 valence electrons. The van der Waals surface area contributed by atoms with Crippen molar-refractivity contribution in [1.29, 1.82) is 0 Å². The molecule has 1 unspecified atom stereocenters. The summed E-state index contributed by atoms with van der Waals surface area (Å²) in [5.41, 5.74) is -0.562. The summed E-state index contributed by atoms with van der Waals surface area (Å²) in [6.07, 6.45) is 3.08. The molecule has 1 amide bonds. The van der Waals surface area contributed by atoms with E-state index in [2.05, 4.69) is 0 Å². The number of hydrogen-bond donors (Lipinski definition) is 1. The zero-order valence-electron chi connectivity index (χ0n) is 13.8. The number of aromatic nitrogens is 1. The zero-order chi connectivity index (χ0) is 17.4. The molecule has 0 radical (unpaired) electrons. The standard InChI is InChI=1S/C16H24N2O5/c1-4-8-17(9-5-2)14(19)11-23-13-7-6-10-18(15(13)20)12(3)16(21)22/h6-7,10,12H,4-5,8-9,11H2,1-3H3,(H,21,22). The van der Waals surface area contributed by atoms with Crippen molar-refractivity contribution in [2.24, 2.45) is 0 Å². The fourth-order valence-corrected chi connectivity index (χ4v) is 2.16. The molecule has 0 aromatic carbocycles. The highest BCUT2D eigenvalue weighted by atomic mass is 16.5. The van der Waals surface area contributed by atoms with Gasteiger partial charge in [0, 0.05) is 19.3 Å². The minimum absolute atomic E-state index is 0.0260. The summed E-state index contributed by atoms with van der Waals surface area (Å²) in [5, 5.41) is 9.00. The monoisotopic (exact) mass is 324 g/mol. The predicted octanol–water partition coefficient (Wildman–Crippen LogP) is 1.52. The van der Waals surface area contributed by atoms with Gasteiger partial charge in [0.25, 0.3) is 11.5 Å². The van der Waals surface area contributed by atoms with E-state index in [0.717, 1.165) is 17.4 Å². The van der Waals surface area contributed by atoms with E-state index in [0.29, 0.717) is 13.1 Å². The van der Waals surface area contributed by atoms with Gasteiger partial charge in [0.2, 0.25) is 0 Å². The number of carbonyl (C=O) groups excluding carboxylic acids is 1. The number of nitrogens with zero attached hydrogens (tertiary/aromatic N) is 2. The van der Waals surface area contributed by atoms with Gasteiger partial charge in [0.1, 0.15) is 6.04 Å². The maximum Gasteiger partial charge on any atom is 0.326 e. The largest absolute Gasteiger partial charge is 0.480 e. The van der Waals surface area contributed by atoms with E-state index in [1.807, 2.05) is 13.8 Å². The van der Waals surface area contributed by atoms with Gasteiger partial charge in [-0.3, -0.25) is 14.2 Å². The number of ether oxygens (including phenoxy) is 1. The van der Waals surface area contributed by atoms with Crippen molar-refractivity contribution in [1.82, 2.24) is 9.47 Å². The quantitative estimate of drug-likeness (QED) is 0.744. The van der Waals surface area contributed by atoms with Gasteiger partial charge in [0.15, 0.2) is 12.4 Å². The minimum Gasteiger partial charge on any atom is -0.480 e. The van der Waals surface area contributed by atoms with Crippen LogP contribution in [0.3, 0.4) is 0 Å². The zero-order valence-corrected chi connectivity index (χ0v) is 13.8. The van der Waals surface area contributed by atoms with Gasteiger partial charge in [-0.25, -0.2) is 4.79 Å². The highest BCUT2D eigenvalue weighted by Gasteiger charge is 2.18. The molecule has 1 atom stereocenters. The molecule has 0 saturated heterocycles. The Balaban J connectivity index is 2.82. The van der Waals surface area contributed by atoms with E-state index in [-0.39, 0.29) is 18.3 Å². The van der Waals surface area contributed by atoms with E-state index in [1.165, 1.54) is 25.3 Å². The molecule has 0 aliphatic heterocycles. The molecule has 0 saturated carbocycles. The number of hydrogen-bond acceptors (Lipinski definition) is 4. The molecule has 0 fully saturated rings. The highest BCUT2D eigenvalue weighted by Crippen LogP contribution is 2.08. The van der Waals surface area contributed by atoms with Crippen molar-refractivity contribution < 1.29 is 19.4 Å². The number of amides is 1. The van der Waals surface area contributed by atoms with Crippen molar-refractivity contribution in [3.8, 4) is 5.75 Å². The molecule has 0 aliphatic carbocycles. The lowest BCUT2D eigenvalue weighted by atomic mass is 10.3. The van der Waals surface area contributed by atoms with Gasteiger partial charge in [-0.2, -0.15) is 0 Å². The lowest BCUT2D eigenvalue weighted by Crippen LogP contribution is -2.37. The predicted molar refractivity (Wildman–Crippen MR) is 85.7 cm³/mol. The second-order valence-electron chi connectivity index (χ2n) is 5.27. The molecule has 7 heteroatoms. The number of carboxylic acids is 1. The van der Waals surface area contributed by atoms with Gasteiger partial charge in [-0.1, -0.05) is 13.8 Å². The summed E-state index contributed by atoms with van der Waals surface area (Å²) in [6.45, 7) is 6.43.